The molecule has 0 saturated heterocycles. The van der Waals surface area contributed by atoms with E-state index in [-0.39, 0.29) is 16.2 Å². The summed E-state index contributed by atoms with van der Waals surface area (Å²) in [6.45, 7) is 14.2. The standard InChI is InChI=1S/C61H43NO.C60H45NO/c1-61(2)56-38-45(41-16-7-4-8-17-41)30-34-50(56)51-35-33-47(39-57(51)61)62(46-31-28-44(29-32-46)43-26-24-42(25-27-43)40-14-5-3-6-15-40)58-37-36-49(48-18-9-10-19-52(48)58)54-21-13-22-55-53-20-11-12-23-59(53)63-60(54)55;1-59(2)53-19-10-8-15-47(53)48-32-26-42(36-54(48)59)39-21-27-43(28-22-39)61(44-29-23-40(24-30-44)46-17-12-18-52-51-16-9-11-20-57(51)62-58(46)52)45-31-34-50-49-33-25-41(38-13-6-5-7-14-38)35-55(49)60(3,4)56(50)37-45/h3-39H,1-2H3;5-37H,1-4H3. The van der Waals surface area contributed by atoms with E-state index >= 15 is 0 Å². The van der Waals surface area contributed by atoms with E-state index in [1.54, 1.807) is 0 Å². The molecular weight excluding hydrogens is 1510 g/mol. The van der Waals surface area contributed by atoms with Gasteiger partial charge in [-0.1, -0.05) is 369 Å². The highest BCUT2D eigenvalue weighted by Crippen LogP contribution is 2.56. The number of furan rings is 2. The van der Waals surface area contributed by atoms with Crippen molar-refractivity contribution in [2.45, 2.75) is 57.8 Å². The second-order valence-electron chi connectivity index (χ2n) is 35.4. The Labute approximate surface area is 729 Å². The van der Waals surface area contributed by atoms with E-state index in [0.717, 1.165) is 100 Å². The Morgan fingerprint density at radius 1 is 0.168 bits per heavy atom. The van der Waals surface area contributed by atoms with E-state index < -0.39 is 0 Å². The molecule has 594 valence electrons. The van der Waals surface area contributed by atoms with Crippen LogP contribution < -0.4 is 9.80 Å². The first-order valence-corrected chi connectivity index (χ1v) is 43.6. The third-order valence-corrected chi connectivity index (χ3v) is 27.2. The number of rotatable bonds is 13. The minimum Gasteiger partial charge on any atom is -0.455 e. The molecule has 4 heteroatoms. The number of anilines is 6. The molecule has 0 spiro atoms. The fourth-order valence-corrected chi connectivity index (χ4v) is 20.6. The summed E-state index contributed by atoms with van der Waals surface area (Å²) in [5.74, 6) is 0. The minimum atomic E-state index is -0.204. The summed E-state index contributed by atoms with van der Waals surface area (Å²) < 4.78 is 13.1. The molecule has 0 saturated carbocycles. The monoisotopic (exact) mass is 1600 g/mol. The van der Waals surface area contributed by atoms with E-state index in [1.165, 1.54) is 133 Å². The molecule has 19 aromatic carbocycles. The minimum absolute atomic E-state index is 0.0507. The van der Waals surface area contributed by atoms with E-state index in [0.29, 0.717) is 0 Å². The molecule has 0 amide bonds. The van der Waals surface area contributed by atoms with Crippen LogP contribution in [-0.4, -0.2) is 0 Å². The fraction of sp³-hybridized carbons (Fsp3) is 0.0744. The van der Waals surface area contributed by atoms with Gasteiger partial charge in [0, 0.05) is 82.7 Å². The van der Waals surface area contributed by atoms with Crippen LogP contribution in [0, 0.1) is 0 Å². The first-order valence-electron chi connectivity index (χ1n) is 43.6. The third kappa shape index (κ3) is 12.5. The zero-order valence-corrected chi connectivity index (χ0v) is 70.6. The smallest absolute Gasteiger partial charge is 0.143 e. The van der Waals surface area contributed by atoms with Crippen LogP contribution in [0.15, 0.2) is 433 Å². The Morgan fingerprint density at radius 2 is 0.456 bits per heavy atom. The molecule has 21 aromatic rings. The summed E-state index contributed by atoms with van der Waals surface area (Å²) in [5.41, 5.74) is 42.6. The summed E-state index contributed by atoms with van der Waals surface area (Å²) in [5, 5.41) is 6.88. The van der Waals surface area contributed by atoms with E-state index in [2.05, 4.69) is 458 Å². The van der Waals surface area contributed by atoms with Crippen molar-refractivity contribution >= 4 is 88.8 Å². The zero-order chi connectivity index (χ0) is 83.8. The van der Waals surface area contributed by atoms with Crippen LogP contribution in [0.2, 0.25) is 0 Å². The topological polar surface area (TPSA) is 32.8 Å². The molecule has 4 nitrogen and oxygen atoms in total. The average molecular weight is 1600 g/mol. The molecule has 0 unspecified atom stereocenters. The second-order valence-corrected chi connectivity index (χ2v) is 35.4. The first kappa shape index (κ1) is 74.7. The molecule has 125 heavy (non-hydrogen) atoms. The maximum atomic E-state index is 6.59. The molecule has 24 rings (SSSR count). The van der Waals surface area contributed by atoms with Crippen LogP contribution in [0.1, 0.15) is 74.9 Å². The predicted molar refractivity (Wildman–Crippen MR) is 525 cm³/mol. The van der Waals surface area contributed by atoms with Gasteiger partial charge in [-0.05, 0) is 236 Å². The lowest BCUT2D eigenvalue weighted by molar-refractivity contribution is 0.660. The molecule has 0 bridgehead atoms. The molecule has 0 N–H and O–H groups in total. The van der Waals surface area contributed by atoms with Crippen LogP contribution in [0.3, 0.4) is 0 Å². The van der Waals surface area contributed by atoms with Crippen molar-refractivity contribution in [2.75, 3.05) is 9.80 Å². The number of nitrogens with zero attached hydrogens (tertiary/aromatic N) is 2. The molecule has 3 aliphatic rings. The number of hydrogen-bond donors (Lipinski definition) is 0. The van der Waals surface area contributed by atoms with Crippen molar-refractivity contribution in [3.63, 3.8) is 0 Å². The maximum absolute atomic E-state index is 6.59. The zero-order valence-electron chi connectivity index (χ0n) is 70.6. The Morgan fingerprint density at radius 3 is 0.936 bits per heavy atom. The van der Waals surface area contributed by atoms with Crippen molar-refractivity contribution in [1.29, 1.82) is 0 Å². The second kappa shape index (κ2) is 29.5. The highest BCUT2D eigenvalue weighted by atomic mass is 16.3. The average Bonchev–Trinajstić information content (AvgIpc) is 1.56. The van der Waals surface area contributed by atoms with Gasteiger partial charge in [-0.25, -0.2) is 0 Å². The van der Waals surface area contributed by atoms with Gasteiger partial charge >= 0.3 is 0 Å². The number of benzene rings is 19. The lowest BCUT2D eigenvalue weighted by Gasteiger charge is -2.29. The molecule has 2 aromatic heterocycles. The molecule has 3 aliphatic carbocycles. The molecular formula is C121H88N2O2. The lowest BCUT2D eigenvalue weighted by atomic mass is 9.81. The molecule has 0 fully saturated rings. The Bertz CT molecular complexity index is 7820. The number of fused-ring (bicyclic) bond motifs is 16. The van der Waals surface area contributed by atoms with Gasteiger partial charge in [0.05, 0.1) is 5.69 Å². The fourth-order valence-electron chi connectivity index (χ4n) is 20.6. The Balaban J connectivity index is 0.000000144. The third-order valence-electron chi connectivity index (χ3n) is 27.2. The summed E-state index contributed by atoms with van der Waals surface area (Å²) in [4.78, 5) is 4.86. The first-order chi connectivity index (χ1) is 61.2. The van der Waals surface area contributed by atoms with Crippen molar-refractivity contribution in [2.24, 2.45) is 0 Å². The van der Waals surface area contributed by atoms with Gasteiger partial charge in [-0.3, -0.25) is 0 Å². The quantitative estimate of drug-likeness (QED) is 0.115. The molecule has 2 heterocycles. The molecule has 0 aliphatic heterocycles. The van der Waals surface area contributed by atoms with Gasteiger partial charge in [-0.15, -0.1) is 0 Å². The van der Waals surface area contributed by atoms with E-state index in [4.69, 9.17) is 8.83 Å². The van der Waals surface area contributed by atoms with Gasteiger partial charge in [0.25, 0.3) is 0 Å². The van der Waals surface area contributed by atoms with Crippen LogP contribution >= 0.6 is 0 Å². The molecule has 0 atom stereocenters. The Hall–Kier alpha value is -15.4. The van der Waals surface area contributed by atoms with E-state index in [1.807, 2.05) is 18.2 Å². The lowest BCUT2D eigenvalue weighted by Crippen LogP contribution is -2.17. The largest absolute Gasteiger partial charge is 0.455 e. The predicted octanol–water partition coefficient (Wildman–Crippen LogP) is 33.9. The van der Waals surface area contributed by atoms with Crippen molar-refractivity contribution in [3.8, 4) is 111 Å². The van der Waals surface area contributed by atoms with Gasteiger partial charge in [-0.2, -0.15) is 0 Å². The number of hydrogen-bond acceptors (Lipinski definition) is 4. The van der Waals surface area contributed by atoms with Gasteiger partial charge in [0.1, 0.15) is 22.3 Å². The van der Waals surface area contributed by atoms with E-state index in [9.17, 15) is 0 Å². The van der Waals surface area contributed by atoms with Crippen LogP contribution in [0.25, 0.3) is 166 Å². The van der Waals surface area contributed by atoms with Crippen LogP contribution in [0.4, 0.5) is 34.1 Å². The van der Waals surface area contributed by atoms with Crippen molar-refractivity contribution in [1.82, 2.24) is 0 Å². The van der Waals surface area contributed by atoms with Crippen molar-refractivity contribution in [3.05, 3.63) is 458 Å². The number of para-hydroxylation sites is 4. The van der Waals surface area contributed by atoms with Crippen molar-refractivity contribution < 1.29 is 8.83 Å². The summed E-state index contributed by atoms with van der Waals surface area (Å²) in [6.07, 6.45) is 0. The van der Waals surface area contributed by atoms with Crippen LogP contribution in [0.5, 0.6) is 0 Å². The maximum Gasteiger partial charge on any atom is 0.143 e. The highest BCUT2D eigenvalue weighted by Gasteiger charge is 2.40. The normalized spacial score (nSPS) is 13.4. The Kier molecular flexibility index (Phi) is 17.6. The SMILES string of the molecule is CC1(C)c2cc(-c3ccccc3)ccc2-c2ccc(N(c3ccc(-c4ccc(-c5ccccc5)cc4)cc3)c3ccc(-c4cccc5c4oc4ccccc45)c4ccccc34)cc21.CC1(C)c2ccccc2-c2ccc(-c3ccc(N(c4ccc(-c5cccc6c5oc5ccccc56)cc4)c4ccc5c(c4)C(C)(C)c4cc(-c6ccccc6)ccc4-5)cc3)cc21. The van der Waals surface area contributed by atoms with Gasteiger partial charge < -0.3 is 18.6 Å². The van der Waals surface area contributed by atoms with Crippen LogP contribution in [-0.2, 0) is 16.2 Å². The molecule has 0 radical (unpaired) electrons. The summed E-state index contributed by atoms with van der Waals surface area (Å²) in [6, 6.07) is 155. The summed E-state index contributed by atoms with van der Waals surface area (Å²) in [7, 11) is 0. The highest BCUT2D eigenvalue weighted by molar-refractivity contribution is 6.15. The van der Waals surface area contributed by atoms with Gasteiger partial charge in [0.15, 0.2) is 0 Å². The summed E-state index contributed by atoms with van der Waals surface area (Å²) >= 11 is 0. The van der Waals surface area contributed by atoms with Gasteiger partial charge in [0.2, 0.25) is 0 Å².